The zero-order chi connectivity index (χ0) is 10.8. The van der Waals surface area contributed by atoms with Crippen LogP contribution in [0.15, 0.2) is 0 Å². The summed E-state index contributed by atoms with van der Waals surface area (Å²) in [7, 11) is 3.24. The van der Waals surface area contributed by atoms with E-state index in [0.29, 0.717) is 6.10 Å². The molecule has 0 atom stereocenters. The van der Waals surface area contributed by atoms with Crippen LogP contribution in [0.5, 0.6) is 0 Å². The molecule has 1 amide bonds. The molecule has 0 aliphatic heterocycles. The third-order valence-corrected chi connectivity index (χ3v) is 2.82. The van der Waals surface area contributed by atoms with Crippen molar-refractivity contribution in [2.24, 2.45) is 0 Å². The summed E-state index contributed by atoms with van der Waals surface area (Å²) in [6.45, 7) is 3.52. The quantitative estimate of drug-likeness (QED) is 0.728. The summed E-state index contributed by atoms with van der Waals surface area (Å²) in [5, 5.41) is 2.93. The molecule has 0 unspecified atom stereocenters. The van der Waals surface area contributed by atoms with Crippen LogP contribution in [0.1, 0.15) is 26.7 Å². The highest BCUT2D eigenvalue weighted by Gasteiger charge is 2.34. The number of nitrogens with one attached hydrogen (secondary N) is 1. The lowest BCUT2D eigenvalue weighted by Crippen LogP contribution is -2.53. The van der Waals surface area contributed by atoms with Gasteiger partial charge in [-0.15, -0.1) is 0 Å². The minimum Gasteiger partial charge on any atom is -0.381 e. The maximum absolute atomic E-state index is 11.6. The van der Waals surface area contributed by atoms with Crippen LogP contribution in [0.3, 0.4) is 0 Å². The van der Waals surface area contributed by atoms with Crippen molar-refractivity contribution in [3.05, 3.63) is 0 Å². The Hall–Kier alpha value is -0.610. The normalized spacial score (nSPS) is 26.9. The van der Waals surface area contributed by atoms with Crippen molar-refractivity contribution in [1.29, 1.82) is 0 Å². The Bertz CT molecular complexity index is 209. The van der Waals surface area contributed by atoms with Crippen molar-refractivity contribution in [2.75, 3.05) is 14.2 Å². The van der Waals surface area contributed by atoms with Gasteiger partial charge in [0.05, 0.1) is 6.10 Å². The van der Waals surface area contributed by atoms with Gasteiger partial charge >= 0.3 is 0 Å². The zero-order valence-corrected chi connectivity index (χ0v) is 9.29. The Morgan fingerprint density at radius 3 is 2.36 bits per heavy atom. The highest BCUT2D eigenvalue weighted by atomic mass is 16.5. The van der Waals surface area contributed by atoms with Gasteiger partial charge in [0.25, 0.3) is 5.91 Å². The van der Waals surface area contributed by atoms with Crippen molar-refractivity contribution in [3.8, 4) is 0 Å². The van der Waals surface area contributed by atoms with Gasteiger partial charge in [-0.1, -0.05) is 0 Å². The van der Waals surface area contributed by atoms with E-state index in [2.05, 4.69) is 5.32 Å². The van der Waals surface area contributed by atoms with Gasteiger partial charge in [0.2, 0.25) is 0 Å². The molecule has 4 nitrogen and oxygen atoms in total. The molecule has 14 heavy (non-hydrogen) atoms. The SMILES string of the molecule is COC1CC(NC(=O)C(C)(C)OC)C1. The Kier molecular flexibility index (Phi) is 3.50. The van der Waals surface area contributed by atoms with E-state index in [9.17, 15) is 4.79 Å². The predicted octanol–water partition coefficient (Wildman–Crippen LogP) is 0.705. The highest BCUT2D eigenvalue weighted by molar-refractivity contribution is 5.84. The third-order valence-electron chi connectivity index (χ3n) is 2.82. The molecule has 1 fully saturated rings. The van der Waals surface area contributed by atoms with E-state index in [4.69, 9.17) is 9.47 Å². The largest absolute Gasteiger partial charge is 0.381 e. The molecule has 1 saturated carbocycles. The standard InChI is InChI=1S/C10H19NO3/c1-10(2,14-4)9(12)11-7-5-8(6-7)13-3/h7-8H,5-6H2,1-4H3,(H,11,12). The second-order valence-electron chi connectivity index (χ2n) is 4.21. The fourth-order valence-electron chi connectivity index (χ4n) is 1.33. The summed E-state index contributed by atoms with van der Waals surface area (Å²) in [4.78, 5) is 11.6. The number of amides is 1. The van der Waals surface area contributed by atoms with Crippen molar-refractivity contribution in [3.63, 3.8) is 0 Å². The summed E-state index contributed by atoms with van der Waals surface area (Å²) in [6, 6.07) is 0.252. The first-order valence-electron chi connectivity index (χ1n) is 4.88. The number of hydrogen-bond donors (Lipinski definition) is 1. The number of ether oxygens (including phenoxy) is 2. The number of carbonyl (C=O) groups excluding carboxylic acids is 1. The Morgan fingerprint density at radius 1 is 1.36 bits per heavy atom. The van der Waals surface area contributed by atoms with E-state index in [0.717, 1.165) is 12.8 Å². The average Bonchev–Trinajstić information content (AvgIpc) is 2.09. The molecule has 1 aliphatic carbocycles. The Morgan fingerprint density at radius 2 is 1.93 bits per heavy atom. The van der Waals surface area contributed by atoms with Crippen LogP contribution >= 0.6 is 0 Å². The number of rotatable bonds is 4. The molecule has 1 rings (SSSR count). The molecule has 4 heteroatoms. The summed E-state index contributed by atoms with van der Waals surface area (Å²) < 4.78 is 10.2. The lowest BCUT2D eigenvalue weighted by atomic mass is 9.88. The summed E-state index contributed by atoms with van der Waals surface area (Å²) in [5.41, 5.74) is -0.738. The first-order chi connectivity index (χ1) is 6.49. The van der Waals surface area contributed by atoms with Crippen LogP contribution in [0.25, 0.3) is 0 Å². The van der Waals surface area contributed by atoms with Crippen LogP contribution in [-0.4, -0.2) is 37.9 Å². The van der Waals surface area contributed by atoms with Gasteiger partial charge in [-0.05, 0) is 26.7 Å². The maximum atomic E-state index is 11.6. The molecule has 0 bridgehead atoms. The molecule has 0 spiro atoms. The molecule has 82 valence electrons. The van der Waals surface area contributed by atoms with Crippen molar-refractivity contribution < 1.29 is 14.3 Å². The Balaban J connectivity index is 2.29. The van der Waals surface area contributed by atoms with E-state index < -0.39 is 5.60 Å². The molecule has 0 aromatic rings. The average molecular weight is 201 g/mol. The number of hydrogen-bond acceptors (Lipinski definition) is 3. The van der Waals surface area contributed by atoms with E-state index >= 15 is 0 Å². The molecule has 0 heterocycles. The van der Waals surface area contributed by atoms with Gasteiger partial charge in [0.15, 0.2) is 0 Å². The Labute approximate surface area is 85.0 Å². The van der Waals surface area contributed by atoms with Crippen molar-refractivity contribution in [1.82, 2.24) is 5.32 Å². The fourth-order valence-corrected chi connectivity index (χ4v) is 1.33. The molecular weight excluding hydrogens is 182 g/mol. The van der Waals surface area contributed by atoms with E-state index in [1.807, 2.05) is 0 Å². The van der Waals surface area contributed by atoms with E-state index in [1.165, 1.54) is 7.11 Å². The monoisotopic (exact) mass is 201 g/mol. The number of methoxy groups -OCH3 is 2. The lowest BCUT2D eigenvalue weighted by Gasteiger charge is -2.36. The number of carbonyl (C=O) groups is 1. The summed E-state index contributed by atoms with van der Waals surface area (Å²) >= 11 is 0. The second kappa shape index (κ2) is 4.28. The van der Waals surface area contributed by atoms with Crippen LogP contribution < -0.4 is 5.32 Å². The molecule has 0 aromatic heterocycles. The van der Waals surface area contributed by atoms with Crippen LogP contribution in [-0.2, 0) is 14.3 Å². The van der Waals surface area contributed by atoms with Crippen molar-refractivity contribution >= 4 is 5.91 Å². The lowest BCUT2D eigenvalue weighted by molar-refractivity contribution is -0.141. The smallest absolute Gasteiger partial charge is 0.251 e. The zero-order valence-electron chi connectivity index (χ0n) is 9.29. The van der Waals surface area contributed by atoms with E-state index in [-0.39, 0.29) is 11.9 Å². The third kappa shape index (κ3) is 2.45. The highest BCUT2D eigenvalue weighted by Crippen LogP contribution is 2.23. The molecule has 0 saturated heterocycles. The van der Waals surface area contributed by atoms with Crippen LogP contribution in [0.4, 0.5) is 0 Å². The van der Waals surface area contributed by atoms with Gasteiger partial charge in [0, 0.05) is 20.3 Å². The van der Waals surface area contributed by atoms with Gasteiger partial charge in [-0.25, -0.2) is 0 Å². The molecular formula is C10H19NO3. The molecule has 1 N–H and O–H groups in total. The second-order valence-corrected chi connectivity index (χ2v) is 4.21. The minimum atomic E-state index is -0.738. The maximum Gasteiger partial charge on any atom is 0.251 e. The van der Waals surface area contributed by atoms with Crippen LogP contribution in [0.2, 0.25) is 0 Å². The first kappa shape index (κ1) is 11.5. The molecule has 0 radical (unpaired) electrons. The molecule has 0 aromatic carbocycles. The first-order valence-corrected chi connectivity index (χ1v) is 4.88. The fraction of sp³-hybridized carbons (Fsp3) is 0.900. The molecule has 1 aliphatic rings. The van der Waals surface area contributed by atoms with Crippen molar-refractivity contribution in [2.45, 2.75) is 44.4 Å². The predicted molar refractivity (Wildman–Crippen MR) is 53.0 cm³/mol. The van der Waals surface area contributed by atoms with Gasteiger partial charge < -0.3 is 14.8 Å². The summed E-state index contributed by atoms with van der Waals surface area (Å²) in [6.07, 6.45) is 2.12. The topological polar surface area (TPSA) is 47.6 Å². The summed E-state index contributed by atoms with van der Waals surface area (Å²) in [5.74, 6) is -0.0560. The van der Waals surface area contributed by atoms with Gasteiger partial charge in [0.1, 0.15) is 5.60 Å². The van der Waals surface area contributed by atoms with Gasteiger partial charge in [-0.2, -0.15) is 0 Å². The van der Waals surface area contributed by atoms with Gasteiger partial charge in [-0.3, -0.25) is 4.79 Å². The van der Waals surface area contributed by atoms with E-state index in [1.54, 1.807) is 21.0 Å². The minimum absolute atomic E-state index is 0.0560. The van der Waals surface area contributed by atoms with Crippen LogP contribution in [0, 0.1) is 0 Å².